The zero-order chi connectivity index (χ0) is 9.90. The molecule has 1 rings (SSSR count). The molecule has 0 amide bonds. The molecule has 0 radical (unpaired) electrons. The minimum absolute atomic E-state index is 0.0743. The van der Waals surface area contributed by atoms with Crippen molar-refractivity contribution in [3.05, 3.63) is 35.6 Å². The van der Waals surface area contributed by atoms with E-state index in [4.69, 9.17) is 5.73 Å². The molecule has 1 aromatic rings. The standard InChI is InChI=1S/C10H13F2N/c1-2-10(12,7-13)8-3-5-9(11)6-4-8/h3-6H,2,7,13H2,1H3. The van der Waals surface area contributed by atoms with Crippen LogP contribution in [0.2, 0.25) is 0 Å². The fraction of sp³-hybridized carbons (Fsp3) is 0.400. The van der Waals surface area contributed by atoms with Crippen molar-refractivity contribution in [3.8, 4) is 0 Å². The van der Waals surface area contributed by atoms with E-state index < -0.39 is 5.67 Å². The predicted octanol–water partition coefficient (Wildman–Crippen LogP) is 2.36. The summed E-state index contributed by atoms with van der Waals surface area (Å²) in [7, 11) is 0. The lowest BCUT2D eigenvalue weighted by Crippen LogP contribution is -2.29. The van der Waals surface area contributed by atoms with E-state index in [1.165, 1.54) is 24.3 Å². The molecule has 0 aliphatic heterocycles. The second-order valence-electron chi connectivity index (χ2n) is 3.03. The highest BCUT2D eigenvalue weighted by atomic mass is 19.1. The molecule has 0 spiro atoms. The molecule has 0 aliphatic carbocycles. The van der Waals surface area contributed by atoms with Crippen LogP contribution in [0.4, 0.5) is 8.78 Å². The normalized spacial score (nSPS) is 15.4. The maximum atomic E-state index is 13.9. The van der Waals surface area contributed by atoms with Crippen LogP contribution in [0.15, 0.2) is 24.3 Å². The molecular weight excluding hydrogens is 172 g/mol. The first-order valence-corrected chi connectivity index (χ1v) is 4.27. The molecular formula is C10H13F2N. The van der Waals surface area contributed by atoms with E-state index in [1.807, 2.05) is 0 Å². The van der Waals surface area contributed by atoms with Crippen LogP contribution in [0, 0.1) is 5.82 Å². The molecule has 0 aromatic heterocycles. The highest BCUT2D eigenvalue weighted by Gasteiger charge is 2.27. The quantitative estimate of drug-likeness (QED) is 0.768. The molecule has 1 unspecified atom stereocenters. The summed E-state index contributed by atoms with van der Waals surface area (Å²) >= 11 is 0. The third-order valence-corrected chi connectivity index (χ3v) is 2.25. The molecule has 1 atom stereocenters. The zero-order valence-electron chi connectivity index (χ0n) is 7.56. The molecule has 0 heterocycles. The minimum Gasteiger partial charge on any atom is -0.327 e. The Bertz CT molecular complexity index is 265. The van der Waals surface area contributed by atoms with Gasteiger partial charge in [0.1, 0.15) is 11.5 Å². The Morgan fingerprint density at radius 1 is 1.31 bits per heavy atom. The summed E-state index contributed by atoms with van der Waals surface area (Å²) in [6.07, 6.45) is 0.301. The molecule has 72 valence electrons. The van der Waals surface area contributed by atoms with Gasteiger partial charge in [-0.1, -0.05) is 19.1 Å². The smallest absolute Gasteiger partial charge is 0.147 e. The Balaban J connectivity index is 2.99. The van der Waals surface area contributed by atoms with Gasteiger partial charge in [-0.15, -0.1) is 0 Å². The molecule has 1 nitrogen and oxygen atoms in total. The lowest BCUT2D eigenvalue weighted by Gasteiger charge is -2.22. The van der Waals surface area contributed by atoms with E-state index in [2.05, 4.69) is 0 Å². The van der Waals surface area contributed by atoms with Crippen LogP contribution in [-0.4, -0.2) is 6.54 Å². The minimum atomic E-state index is -1.52. The van der Waals surface area contributed by atoms with Gasteiger partial charge >= 0.3 is 0 Å². The third kappa shape index (κ3) is 2.04. The number of benzene rings is 1. The van der Waals surface area contributed by atoms with Crippen LogP contribution in [0.25, 0.3) is 0 Å². The molecule has 0 bridgehead atoms. The van der Waals surface area contributed by atoms with Gasteiger partial charge in [-0.05, 0) is 24.1 Å². The van der Waals surface area contributed by atoms with Crippen molar-refractivity contribution >= 4 is 0 Å². The number of nitrogens with two attached hydrogens (primary N) is 1. The van der Waals surface area contributed by atoms with Gasteiger partial charge in [0.05, 0.1) is 0 Å². The summed E-state index contributed by atoms with van der Waals surface area (Å²) in [5.41, 5.74) is 4.24. The number of rotatable bonds is 3. The first-order valence-electron chi connectivity index (χ1n) is 4.27. The molecule has 0 saturated heterocycles. The highest BCUT2D eigenvalue weighted by molar-refractivity contribution is 5.23. The van der Waals surface area contributed by atoms with E-state index in [-0.39, 0.29) is 12.4 Å². The summed E-state index contributed by atoms with van der Waals surface area (Å²) in [6, 6.07) is 5.36. The third-order valence-electron chi connectivity index (χ3n) is 2.25. The van der Waals surface area contributed by atoms with Gasteiger partial charge in [-0.2, -0.15) is 0 Å². The molecule has 2 N–H and O–H groups in total. The lowest BCUT2D eigenvalue weighted by molar-refractivity contribution is 0.169. The molecule has 0 saturated carbocycles. The number of alkyl halides is 1. The van der Waals surface area contributed by atoms with E-state index >= 15 is 0 Å². The fourth-order valence-electron chi connectivity index (χ4n) is 1.21. The molecule has 0 fully saturated rings. The number of hydrogen-bond donors (Lipinski definition) is 1. The Morgan fingerprint density at radius 3 is 2.23 bits per heavy atom. The van der Waals surface area contributed by atoms with Crippen molar-refractivity contribution in [1.29, 1.82) is 0 Å². The Kier molecular flexibility index (Phi) is 2.98. The van der Waals surface area contributed by atoms with Gasteiger partial charge in [0, 0.05) is 6.54 Å². The fourth-order valence-corrected chi connectivity index (χ4v) is 1.21. The van der Waals surface area contributed by atoms with Gasteiger partial charge in [0.25, 0.3) is 0 Å². The van der Waals surface area contributed by atoms with Crippen molar-refractivity contribution in [2.45, 2.75) is 19.0 Å². The summed E-state index contributed by atoms with van der Waals surface area (Å²) in [6.45, 7) is 1.64. The van der Waals surface area contributed by atoms with Crippen molar-refractivity contribution in [3.63, 3.8) is 0 Å². The van der Waals surface area contributed by atoms with Gasteiger partial charge in [0.2, 0.25) is 0 Å². The van der Waals surface area contributed by atoms with E-state index in [1.54, 1.807) is 6.92 Å². The summed E-state index contributed by atoms with van der Waals surface area (Å²) in [5, 5.41) is 0. The molecule has 0 aliphatic rings. The van der Waals surface area contributed by atoms with Crippen LogP contribution in [0.3, 0.4) is 0 Å². The summed E-state index contributed by atoms with van der Waals surface area (Å²) in [5.74, 6) is -0.362. The summed E-state index contributed by atoms with van der Waals surface area (Å²) < 4.78 is 26.4. The maximum absolute atomic E-state index is 13.9. The Labute approximate surface area is 76.6 Å². The zero-order valence-corrected chi connectivity index (χ0v) is 7.56. The van der Waals surface area contributed by atoms with Gasteiger partial charge in [-0.3, -0.25) is 0 Å². The van der Waals surface area contributed by atoms with E-state index in [9.17, 15) is 8.78 Å². The number of hydrogen-bond acceptors (Lipinski definition) is 1. The SMILES string of the molecule is CCC(F)(CN)c1ccc(F)cc1. The molecule has 1 aromatic carbocycles. The average Bonchev–Trinajstić information content (AvgIpc) is 2.18. The topological polar surface area (TPSA) is 26.0 Å². The second kappa shape index (κ2) is 3.83. The van der Waals surface area contributed by atoms with Crippen LogP contribution in [-0.2, 0) is 5.67 Å². The second-order valence-corrected chi connectivity index (χ2v) is 3.03. The lowest BCUT2D eigenvalue weighted by atomic mass is 9.93. The first kappa shape index (κ1) is 10.1. The molecule has 13 heavy (non-hydrogen) atoms. The highest BCUT2D eigenvalue weighted by Crippen LogP contribution is 2.28. The maximum Gasteiger partial charge on any atom is 0.147 e. The average molecular weight is 185 g/mol. The van der Waals surface area contributed by atoms with Gasteiger partial charge in [-0.25, -0.2) is 8.78 Å². The van der Waals surface area contributed by atoms with Crippen LogP contribution >= 0.6 is 0 Å². The monoisotopic (exact) mass is 185 g/mol. The first-order chi connectivity index (χ1) is 6.12. The van der Waals surface area contributed by atoms with Crippen molar-refractivity contribution < 1.29 is 8.78 Å². The predicted molar refractivity (Wildman–Crippen MR) is 48.5 cm³/mol. The van der Waals surface area contributed by atoms with Crippen LogP contribution in [0.1, 0.15) is 18.9 Å². The van der Waals surface area contributed by atoms with E-state index in [0.717, 1.165) is 0 Å². The number of halogens is 2. The van der Waals surface area contributed by atoms with Crippen molar-refractivity contribution in [2.75, 3.05) is 6.54 Å². The van der Waals surface area contributed by atoms with Gasteiger partial charge < -0.3 is 5.73 Å². The van der Waals surface area contributed by atoms with Crippen molar-refractivity contribution in [1.82, 2.24) is 0 Å². The van der Waals surface area contributed by atoms with Crippen molar-refractivity contribution in [2.24, 2.45) is 5.73 Å². The van der Waals surface area contributed by atoms with Gasteiger partial charge in [0.15, 0.2) is 0 Å². The Hall–Kier alpha value is -0.960. The molecule has 3 heteroatoms. The largest absolute Gasteiger partial charge is 0.327 e. The van der Waals surface area contributed by atoms with Crippen LogP contribution < -0.4 is 5.73 Å². The Morgan fingerprint density at radius 2 is 1.85 bits per heavy atom. The van der Waals surface area contributed by atoms with E-state index in [0.29, 0.717) is 12.0 Å². The van der Waals surface area contributed by atoms with Crippen LogP contribution in [0.5, 0.6) is 0 Å². The summed E-state index contributed by atoms with van der Waals surface area (Å²) in [4.78, 5) is 0.